The van der Waals surface area contributed by atoms with Crippen LogP contribution in [0, 0.1) is 18.6 Å². The lowest BCUT2D eigenvalue weighted by atomic mass is 9.97. The van der Waals surface area contributed by atoms with Gasteiger partial charge in [-0.1, -0.05) is 29.8 Å². The van der Waals surface area contributed by atoms with Gasteiger partial charge in [0.2, 0.25) is 0 Å². The van der Waals surface area contributed by atoms with E-state index >= 15 is 0 Å². The Labute approximate surface area is 122 Å². The summed E-state index contributed by atoms with van der Waals surface area (Å²) in [6.07, 6.45) is 0.231. The number of hydrogen-bond acceptors (Lipinski definition) is 1. The van der Waals surface area contributed by atoms with Gasteiger partial charge in [0.05, 0.1) is 0 Å². The van der Waals surface area contributed by atoms with E-state index in [0.29, 0.717) is 5.02 Å². The molecular weight excluding hydrogens is 280 g/mol. The molecule has 0 saturated heterocycles. The summed E-state index contributed by atoms with van der Waals surface area (Å²) < 4.78 is 27.4. The highest BCUT2D eigenvalue weighted by molar-refractivity contribution is 6.31. The second-order valence-corrected chi connectivity index (χ2v) is 5.16. The molecule has 0 bridgehead atoms. The number of likely N-dealkylation sites (N-methyl/N-ethyl adjacent to an activating group) is 1. The first-order valence-electron chi connectivity index (χ1n) is 6.39. The summed E-state index contributed by atoms with van der Waals surface area (Å²) >= 11 is 6.10. The van der Waals surface area contributed by atoms with Crippen molar-refractivity contribution in [3.63, 3.8) is 0 Å². The van der Waals surface area contributed by atoms with E-state index in [4.69, 9.17) is 11.6 Å². The molecule has 1 N–H and O–H groups in total. The Morgan fingerprint density at radius 3 is 2.35 bits per heavy atom. The first kappa shape index (κ1) is 14.9. The molecule has 0 aliphatic rings. The molecular formula is C16H16ClF2N. The molecule has 0 heterocycles. The van der Waals surface area contributed by atoms with Crippen molar-refractivity contribution in [3.05, 3.63) is 69.7 Å². The van der Waals surface area contributed by atoms with Crippen LogP contribution in [-0.2, 0) is 6.42 Å². The molecule has 1 atom stereocenters. The van der Waals surface area contributed by atoms with E-state index in [1.54, 1.807) is 7.05 Å². The van der Waals surface area contributed by atoms with Crippen molar-refractivity contribution in [2.24, 2.45) is 0 Å². The van der Waals surface area contributed by atoms with E-state index in [9.17, 15) is 8.78 Å². The summed E-state index contributed by atoms with van der Waals surface area (Å²) in [4.78, 5) is 0. The zero-order valence-corrected chi connectivity index (χ0v) is 12.1. The van der Waals surface area contributed by atoms with Gasteiger partial charge in [-0.25, -0.2) is 8.78 Å². The number of aryl methyl sites for hydroxylation is 1. The number of halogens is 3. The summed E-state index contributed by atoms with van der Waals surface area (Å²) in [7, 11) is 1.76. The second-order valence-electron chi connectivity index (χ2n) is 4.75. The third-order valence-corrected chi connectivity index (χ3v) is 3.82. The average molecular weight is 296 g/mol. The Kier molecular flexibility index (Phi) is 4.73. The van der Waals surface area contributed by atoms with Crippen molar-refractivity contribution >= 4 is 11.6 Å². The van der Waals surface area contributed by atoms with Gasteiger partial charge < -0.3 is 5.32 Å². The molecule has 2 rings (SSSR count). The van der Waals surface area contributed by atoms with Crippen molar-refractivity contribution in [2.45, 2.75) is 19.4 Å². The third kappa shape index (κ3) is 3.17. The largest absolute Gasteiger partial charge is 0.313 e. The van der Waals surface area contributed by atoms with Crippen LogP contribution >= 0.6 is 11.6 Å². The van der Waals surface area contributed by atoms with Gasteiger partial charge in [0.15, 0.2) is 0 Å². The standard InChI is InChI=1S/C16H16ClF2N/c1-10-6-7-11(8-13(10)17)16(20-2)9-12-14(18)4-3-5-15(12)19/h3-8,16,20H,9H2,1-2H3. The van der Waals surface area contributed by atoms with Gasteiger partial charge in [-0.05, 0) is 49.7 Å². The zero-order chi connectivity index (χ0) is 14.7. The van der Waals surface area contributed by atoms with Gasteiger partial charge in [0.25, 0.3) is 0 Å². The first-order valence-corrected chi connectivity index (χ1v) is 6.77. The third-order valence-electron chi connectivity index (χ3n) is 3.42. The highest BCUT2D eigenvalue weighted by atomic mass is 35.5. The quantitative estimate of drug-likeness (QED) is 0.880. The maximum absolute atomic E-state index is 13.7. The summed E-state index contributed by atoms with van der Waals surface area (Å²) in [5.41, 5.74) is 1.97. The highest BCUT2D eigenvalue weighted by Gasteiger charge is 2.16. The van der Waals surface area contributed by atoms with Crippen LogP contribution in [-0.4, -0.2) is 7.05 Å². The topological polar surface area (TPSA) is 12.0 Å². The van der Waals surface area contributed by atoms with Crippen molar-refractivity contribution < 1.29 is 8.78 Å². The van der Waals surface area contributed by atoms with Gasteiger partial charge in [-0.2, -0.15) is 0 Å². The van der Waals surface area contributed by atoms with Crippen LogP contribution in [0.1, 0.15) is 22.7 Å². The monoisotopic (exact) mass is 295 g/mol. The summed E-state index contributed by atoms with van der Waals surface area (Å²) in [6, 6.07) is 9.36. The lowest BCUT2D eigenvalue weighted by Crippen LogP contribution is -2.20. The van der Waals surface area contributed by atoms with E-state index in [0.717, 1.165) is 11.1 Å². The molecule has 4 heteroatoms. The van der Waals surface area contributed by atoms with Crippen molar-refractivity contribution in [1.82, 2.24) is 5.32 Å². The minimum Gasteiger partial charge on any atom is -0.313 e. The molecule has 1 nitrogen and oxygen atoms in total. The molecule has 20 heavy (non-hydrogen) atoms. The predicted octanol–water partition coefficient (Wildman–Crippen LogP) is 4.43. The fourth-order valence-corrected chi connectivity index (χ4v) is 2.33. The number of rotatable bonds is 4. The lowest BCUT2D eigenvalue weighted by Gasteiger charge is -2.18. The Balaban J connectivity index is 2.31. The molecule has 0 saturated carbocycles. The van der Waals surface area contributed by atoms with Crippen LogP contribution in [0.2, 0.25) is 5.02 Å². The summed E-state index contributed by atoms with van der Waals surface area (Å²) in [6.45, 7) is 1.91. The number of hydrogen-bond donors (Lipinski definition) is 1. The summed E-state index contributed by atoms with van der Waals surface area (Å²) in [5, 5.41) is 3.73. The molecule has 2 aromatic rings. The maximum atomic E-state index is 13.7. The fraction of sp³-hybridized carbons (Fsp3) is 0.250. The molecule has 2 aromatic carbocycles. The molecule has 0 aromatic heterocycles. The molecule has 1 unspecified atom stereocenters. The highest BCUT2D eigenvalue weighted by Crippen LogP contribution is 2.25. The first-order chi connectivity index (χ1) is 9.52. The Hall–Kier alpha value is -1.45. The van der Waals surface area contributed by atoms with Gasteiger partial charge in [-0.15, -0.1) is 0 Å². The van der Waals surface area contributed by atoms with E-state index < -0.39 is 11.6 Å². The number of nitrogens with one attached hydrogen (secondary N) is 1. The van der Waals surface area contributed by atoms with Gasteiger partial charge in [0, 0.05) is 16.6 Å². The lowest BCUT2D eigenvalue weighted by molar-refractivity contribution is 0.515. The Bertz CT molecular complexity index is 593. The van der Waals surface area contributed by atoms with Crippen LogP contribution in [0.4, 0.5) is 8.78 Å². The van der Waals surface area contributed by atoms with Crippen molar-refractivity contribution in [2.75, 3.05) is 7.05 Å². The van der Waals surface area contributed by atoms with Crippen LogP contribution in [0.3, 0.4) is 0 Å². The van der Waals surface area contributed by atoms with E-state index in [1.165, 1.54) is 18.2 Å². The zero-order valence-electron chi connectivity index (χ0n) is 11.4. The van der Waals surface area contributed by atoms with Gasteiger partial charge in [-0.3, -0.25) is 0 Å². The minimum atomic E-state index is -0.525. The second kappa shape index (κ2) is 6.33. The normalized spacial score (nSPS) is 12.4. The predicted molar refractivity (Wildman–Crippen MR) is 78.1 cm³/mol. The van der Waals surface area contributed by atoms with Crippen LogP contribution in [0.5, 0.6) is 0 Å². The molecule has 0 aliphatic heterocycles. The minimum absolute atomic E-state index is 0.0866. The Morgan fingerprint density at radius 2 is 1.80 bits per heavy atom. The maximum Gasteiger partial charge on any atom is 0.129 e. The van der Waals surface area contributed by atoms with E-state index in [2.05, 4.69) is 5.32 Å². The SMILES string of the molecule is CNC(Cc1c(F)cccc1F)c1ccc(C)c(Cl)c1. The molecule has 0 fully saturated rings. The fourth-order valence-electron chi connectivity index (χ4n) is 2.14. The average Bonchev–Trinajstić information content (AvgIpc) is 2.42. The van der Waals surface area contributed by atoms with Crippen LogP contribution < -0.4 is 5.32 Å². The molecule has 0 spiro atoms. The number of benzene rings is 2. The van der Waals surface area contributed by atoms with Crippen LogP contribution in [0.25, 0.3) is 0 Å². The molecule has 0 radical (unpaired) electrons. The Morgan fingerprint density at radius 1 is 1.15 bits per heavy atom. The summed E-state index contributed by atoms with van der Waals surface area (Å²) in [5.74, 6) is -1.05. The van der Waals surface area contributed by atoms with E-state index in [-0.39, 0.29) is 18.0 Å². The molecule has 0 amide bonds. The van der Waals surface area contributed by atoms with Gasteiger partial charge in [0.1, 0.15) is 11.6 Å². The molecule has 0 aliphatic carbocycles. The van der Waals surface area contributed by atoms with Crippen molar-refractivity contribution in [1.29, 1.82) is 0 Å². The van der Waals surface area contributed by atoms with Gasteiger partial charge >= 0.3 is 0 Å². The van der Waals surface area contributed by atoms with Crippen molar-refractivity contribution in [3.8, 4) is 0 Å². The molecule has 106 valence electrons. The van der Waals surface area contributed by atoms with Crippen LogP contribution in [0.15, 0.2) is 36.4 Å². The van der Waals surface area contributed by atoms with E-state index in [1.807, 2.05) is 25.1 Å². The smallest absolute Gasteiger partial charge is 0.129 e.